The van der Waals surface area contributed by atoms with Crippen LogP contribution in [-0.2, 0) is 6.42 Å². The van der Waals surface area contributed by atoms with Crippen LogP contribution in [0.3, 0.4) is 0 Å². The van der Waals surface area contributed by atoms with Crippen LogP contribution in [0.25, 0.3) is 11.0 Å². The van der Waals surface area contributed by atoms with E-state index in [-0.39, 0.29) is 0 Å². The maximum Gasteiger partial charge on any atom is 0.111 e. The van der Waals surface area contributed by atoms with Crippen LogP contribution in [0.4, 0.5) is 0 Å². The number of nitriles is 1. The topological polar surface area (TPSA) is 41.6 Å². The highest BCUT2D eigenvalue weighted by atomic mass is 35.5. The van der Waals surface area contributed by atoms with Crippen LogP contribution in [0.15, 0.2) is 18.2 Å². The van der Waals surface area contributed by atoms with E-state index in [1.807, 2.05) is 18.2 Å². The Labute approximate surface area is 131 Å². The number of nitrogens with zero attached hydrogens (tertiary/aromatic N) is 3. The first-order valence-corrected chi connectivity index (χ1v) is 8.21. The highest BCUT2D eigenvalue weighted by Gasteiger charge is 2.15. The first-order chi connectivity index (χ1) is 10.2. The molecule has 0 saturated heterocycles. The molecule has 21 heavy (non-hydrogen) atoms. The summed E-state index contributed by atoms with van der Waals surface area (Å²) in [5.41, 5.74) is 2.69. The van der Waals surface area contributed by atoms with E-state index >= 15 is 0 Å². The number of hydrogen-bond acceptors (Lipinski definition) is 2. The number of imidazole rings is 1. The van der Waals surface area contributed by atoms with Gasteiger partial charge in [-0.15, -0.1) is 11.6 Å². The molecule has 1 unspecified atom stereocenters. The van der Waals surface area contributed by atoms with Crippen molar-refractivity contribution in [2.24, 2.45) is 0 Å². The SMILES string of the molecule is CCCCCC(C)n1c(CCCl)nc2ccc(C#N)cc21. The minimum Gasteiger partial charge on any atom is -0.325 e. The Morgan fingerprint density at radius 1 is 1.38 bits per heavy atom. The fourth-order valence-electron chi connectivity index (χ4n) is 2.78. The summed E-state index contributed by atoms with van der Waals surface area (Å²) in [4.78, 5) is 4.70. The van der Waals surface area contributed by atoms with E-state index in [0.29, 0.717) is 17.5 Å². The molecule has 4 heteroatoms. The lowest BCUT2D eigenvalue weighted by molar-refractivity contribution is 0.474. The van der Waals surface area contributed by atoms with Gasteiger partial charge in [-0.2, -0.15) is 5.26 Å². The second kappa shape index (κ2) is 7.47. The summed E-state index contributed by atoms with van der Waals surface area (Å²) in [5.74, 6) is 1.59. The first kappa shape index (κ1) is 15.9. The Morgan fingerprint density at radius 2 is 2.19 bits per heavy atom. The Hall–Kier alpha value is -1.53. The normalized spacial score (nSPS) is 12.5. The van der Waals surface area contributed by atoms with E-state index in [1.165, 1.54) is 19.3 Å². The van der Waals surface area contributed by atoms with Crippen molar-refractivity contribution >= 4 is 22.6 Å². The molecule has 0 N–H and O–H groups in total. The number of halogens is 1. The number of rotatable bonds is 7. The van der Waals surface area contributed by atoms with Crippen LogP contribution in [0.5, 0.6) is 0 Å². The van der Waals surface area contributed by atoms with Crippen molar-refractivity contribution in [1.29, 1.82) is 5.26 Å². The number of unbranched alkanes of at least 4 members (excludes halogenated alkanes) is 2. The smallest absolute Gasteiger partial charge is 0.111 e. The maximum atomic E-state index is 9.11. The molecular formula is C17H22ClN3. The minimum atomic E-state index is 0.383. The number of fused-ring (bicyclic) bond motifs is 1. The summed E-state index contributed by atoms with van der Waals surface area (Å²) in [5, 5.41) is 9.11. The molecule has 2 aromatic rings. The molecule has 0 fully saturated rings. The summed E-state index contributed by atoms with van der Waals surface area (Å²) in [6.45, 7) is 4.45. The third kappa shape index (κ3) is 3.57. The number of aryl methyl sites for hydroxylation is 1. The van der Waals surface area contributed by atoms with Gasteiger partial charge in [-0.3, -0.25) is 0 Å². The standard InChI is InChI=1S/C17H22ClN3/c1-3-4-5-6-13(2)21-16-11-14(12-19)7-8-15(16)20-17(21)9-10-18/h7-8,11,13H,3-6,9-10H2,1-2H3. The summed E-state index contributed by atoms with van der Waals surface area (Å²) in [7, 11) is 0. The molecule has 0 amide bonds. The van der Waals surface area contributed by atoms with E-state index in [0.717, 1.165) is 29.7 Å². The molecular weight excluding hydrogens is 282 g/mol. The van der Waals surface area contributed by atoms with Gasteiger partial charge in [0, 0.05) is 18.3 Å². The van der Waals surface area contributed by atoms with E-state index in [4.69, 9.17) is 21.8 Å². The fraction of sp³-hybridized carbons (Fsp3) is 0.529. The van der Waals surface area contributed by atoms with E-state index in [1.54, 1.807) is 0 Å². The molecule has 0 aliphatic heterocycles. The van der Waals surface area contributed by atoms with Crippen molar-refractivity contribution in [1.82, 2.24) is 9.55 Å². The molecule has 112 valence electrons. The summed E-state index contributed by atoms with van der Waals surface area (Å²) in [6, 6.07) is 8.29. The minimum absolute atomic E-state index is 0.383. The van der Waals surface area contributed by atoms with E-state index in [2.05, 4.69) is 24.5 Å². The number of alkyl halides is 1. The van der Waals surface area contributed by atoms with Gasteiger partial charge in [0.2, 0.25) is 0 Å². The Kier molecular flexibility index (Phi) is 5.64. The molecule has 0 saturated carbocycles. The van der Waals surface area contributed by atoms with Crippen molar-refractivity contribution in [3.05, 3.63) is 29.6 Å². The lowest BCUT2D eigenvalue weighted by Crippen LogP contribution is -2.10. The van der Waals surface area contributed by atoms with Gasteiger partial charge in [-0.1, -0.05) is 26.2 Å². The number of aromatic nitrogens is 2. The van der Waals surface area contributed by atoms with Crippen LogP contribution < -0.4 is 0 Å². The first-order valence-electron chi connectivity index (χ1n) is 7.68. The third-order valence-electron chi connectivity index (χ3n) is 3.88. The van der Waals surface area contributed by atoms with Crippen LogP contribution in [0.1, 0.15) is 57.0 Å². The van der Waals surface area contributed by atoms with Crippen molar-refractivity contribution < 1.29 is 0 Å². The van der Waals surface area contributed by atoms with Gasteiger partial charge in [0.15, 0.2) is 0 Å². The molecule has 2 rings (SSSR count). The largest absolute Gasteiger partial charge is 0.325 e. The van der Waals surface area contributed by atoms with Gasteiger partial charge < -0.3 is 4.57 Å². The zero-order valence-electron chi connectivity index (χ0n) is 12.8. The zero-order chi connectivity index (χ0) is 15.2. The highest BCUT2D eigenvalue weighted by molar-refractivity contribution is 6.17. The molecule has 0 spiro atoms. The predicted octanol–water partition coefficient (Wildman–Crippen LogP) is 4.83. The molecule has 1 atom stereocenters. The van der Waals surface area contributed by atoms with Crippen LogP contribution >= 0.6 is 11.6 Å². The van der Waals surface area contributed by atoms with Crippen molar-refractivity contribution in [2.75, 3.05) is 5.88 Å². The van der Waals surface area contributed by atoms with Crippen molar-refractivity contribution in [3.63, 3.8) is 0 Å². The second-order valence-electron chi connectivity index (χ2n) is 5.50. The Balaban J connectivity index is 2.41. The molecule has 0 aliphatic rings. The molecule has 0 aliphatic carbocycles. The molecule has 1 aromatic heterocycles. The van der Waals surface area contributed by atoms with Crippen LogP contribution in [0, 0.1) is 11.3 Å². The van der Waals surface area contributed by atoms with Gasteiger partial charge in [0.05, 0.1) is 22.7 Å². The molecule has 1 aromatic carbocycles. The number of benzene rings is 1. The fourth-order valence-corrected chi connectivity index (χ4v) is 2.95. The third-order valence-corrected chi connectivity index (χ3v) is 4.06. The molecule has 0 bridgehead atoms. The Bertz CT molecular complexity index is 639. The molecule has 0 radical (unpaired) electrons. The highest BCUT2D eigenvalue weighted by Crippen LogP contribution is 2.26. The van der Waals surface area contributed by atoms with Gasteiger partial charge in [0.1, 0.15) is 5.82 Å². The van der Waals surface area contributed by atoms with Crippen molar-refractivity contribution in [3.8, 4) is 6.07 Å². The van der Waals surface area contributed by atoms with E-state index in [9.17, 15) is 0 Å². The summed E-state index contributed by atoms with van der Waals surface area (Å²) in [6.07, 6.45) is 5.59. The average molecular weight is 304 g/mol. The molecule has 3 nitrogen and oxygen atoms in total. The van der Waals surface area contributed by atoms with Crippen LogP contribution in [-0.4, -0.2) is 15.4 Å². The lowest BCUT2D eigenvalue weighted by Gasteiger charge is -2.17. The summed E-state index contributed by atoms with van der Waals surface area (Å²) >= 11 is 5.92. The average Bonchev–Trinajstić information content (AvgIpc) is 2.84. The maximum absolute atomic E-state index is 9.11. The number of hydrogen-bond donors (Lipinski definition) is 0. The monoisotopic (exact) mass is 303 g/mol. The second-order valence-corrected chi connectivity index (χ2v) is 5.88. The Morgan fingerprint density at radius 3 is 2.86 bits per heavy atom. The quantitative estimate of drug-likeness (QED) is 0.543. The zero-order valence-corrected chi connectivity index (χ0v) is 13.5. The predicted molar refractivity (Wildman–Crippen MR) is 87.7 cm³/mol. The summed E-state index contributed by atoms with van der Waals surface area (Å²) < 4.78 is 2.27. The van der Waals surface area contributed by atoms with Crippen LogP contribution in [0.2, 0.25) is 0 Å². The molecule has 1 heterocycles. The van der Waals surface area contributed by atoms with Crippen molar-refractivity contribution in [2.45, 2.75) is 52.0 Å². The lowest BCUT2D eigenvalue weighted by atomic mass is 10.1. The van der Waals surface area contributed by atoms with Gasteiger partial charge in [0.25, 0.3) is 0 Å². The van der Waals surface area contributed by atoms with E-state index < -0.39 is 0 Å². The van der Waals surface area contributed by atoms with Gasteiger partial charge >= 0.3 is 0 Å². The van der Waals surface area contributed by atoms with Gasteiger partial charge in [-0.05, 0) is 31.5 Å². The van der Waals surface area contributed by atoms with Gasteiger partial charge in [-0.25, -0.2) is 4.98 Å².